The summed E-state index contributed by atoms with van der Waals surface area (Å²) in [4.78, 5) is 0. The molecule has 0 heterocycles. The molecule has 2 N–H and O–H groups in total. The van der Waals surface area contributed by atoms with Crippen LogP contribution in [0.4, 0.5) is 0 Å². The Labute approximate surface area is 91.2 Å². The van der Waals surface area contributed by atoms with E-state index in [1.807, 2.05) is 31.2 Å². The molecule has 15 heavy (non-hydrogen) atoms. The molecule has 0 aliphatic rings. The number of sulfone groups is 1. The summed E-state index contributed by atoms with van der Waals surface area (Å²) < 4.78 is 22.4. The zero-order valence-electron chi connectivity index (χ0n) is 9.10. The van der Waals surface area contributed by atoms with Gasteiger partial charge in [0.05, 0.1) is 5.75 Å². The van der Waals surface area contributed by atoms with E-state index in [1.54, 1.807) is 0 Å². The summed E-state index contributed by atoms with van der Waals surface area (Å²) in [5.41, 5.74) is 7.74. The first-order valence-corrected chi connectivity index (χ1v) is 6.93. The second-order valence-electron chi connectivity index (χ2n) is 3.94. The van der Waals surface area contributed by atoms with Crippen LogP contribution in [0, 0.1) is 6.92 Å². The highest BCUT2D eigenvalue weighted by Crippen LogP contribution is 2.17. The van der Waals surface area contributed by atoms with Gasteiger partial charge in [-0.2, -0.15) is 0 Å². The molecule has 3 nitrogen and oxygen atoms in total. The van der Waals surface area contributed by atoms with Crippen LogP contribution in [0.25, 0.3) is 0 Å². The summed E-state index contributed by atoms with van der Waals surface area (Å²) in [5.74, 6) is 0.0210. The van der Waals surface area contributed by atoms with Crippen LogP contribution in [0.15, 0.2) is 24.3 Å². The van der Waals surface area contributed by atoms with Crippen molar-refractivity contribution in [2.24, 2.45) is 5.73 Å². The van der Waals surface area contributed by atoms with E-state index < -0.39 is 9.84 Å². The Morgan fingerprint density at radius 2 is 1.80 bits per heavy atom. The average molecular weight is 227 g/mol. The van der Waals surface area contributed by atoms with Crippen molar-refractivity contribution in [1.29, 1.82) is 0 Å². The maximum Gasteiger partial charge on any atom is 0.148 e. The van der Waals surface area contributed by atoms with Gasteiger partial charge in [-0.25, -0.2) is 8.42 Å². The van der Waals surface area contributed by atoms with Gasteiger partial charge < -0.3 is 5.73 Å². The molecule has 0 fully saturated rings. The third-order valence-corrected chi connectivity index (χ3v) is 3.35. The largest absolute Gasteiger partial charge is 0.330 e. The van der Waals surface area contributed by atoms with Crippen molar-refractivity contribution < 1.29 is 8.42 Å². The number of benzene rings is 1. The summed E-state index contributed by atoms with van der Waals surface area (Å²) in [6.45, 7) is 2.36. The van der Waals surface area contributed by atoms with Crippen molar-refractivity contribution >= 4 is 9.84 Å². The molecule has 1 aromatic rings. The van der Waals surface area contributed by atoms with Crippen LogP contribution in [0.2, 0.25) is 0 Å². The first-order chi connectivity index (χ1) is 6.92. The minimum atomic E-state index is -2.97. The molecule has 0 saturated carbocycles. The van der Waals surface area contributed by atoms with E-state index in [-0.39, 0.29) is 11.7 Å². The summed E-state index contributed by atoms with van der Waals surface area (Å²) in [6.07, 6.45) is 1.24. The van der Waals surface area contributed by atoms with Crippen molar-refractivity contribution in [2.45, 2.75) is 12.8 Å². The van der Waals surface area contributed by atoms with Gasteiger partial charge in [0.25, 0.3) is 0 Å². The van der Waals surface area contributed by atoms with Crippen molar-refractivity contribution in [3.63, 3.8) is 0 Å². The Bertz CT molecular complexity index is 409. The standard InChI is InChI=1S/C11H17NO2S/c1-9-3-5-10(6-4-9)11(7-12)8-15(2,13)14/h3-6,11H,7-8,12H2,1-2H3. The van der Waals surface area contributed by atoms with Gasteiger partial charge in [-0.3, -0.25) is 0 Å². The molecule has 1 unspecified atom stereocenters. The van der Waals surface area contributed by atoms with Gasteiger partial charge in [-0.05, 0) is 12.5 Å². The van der Waals surface area contributed by atoms with Crippen molar-refractivity contribution in [1.82, 2.24) is 0 Å². The number of rotatable bonds is 4. The SMILES string of the molecule is Cc1ccc(C(CN)CS(C)(=O)=O)cc1. The summed E-state index contributed by atoms with van der Waals surface area (Å²) >= 11 is 0. The fourth-order valence-electron chi connectivity index (χ4n) is 1.50. The molecule has 0 bridgehead atoms. The first kappa shape index (κ1) is 12.2. The maximum atomic E-state index is 11.2. The minimum absolute atomic E-state index is 0.0967. The predicted molar refractivity (Wildman–Crippen MR) is 62.7 cm³/mol. The van der Waals surface area contributed by atoms with Gasteiger partial charge in [0.1, 0.15) is 9.84 Å². The molecule has 0 radical (unpaired) electrons. The molecule has 0 spiro atoms. The van der Waals surface area contributed by atoms with Gasteiger partial charge in [0.15, 0.2) is 0 Å². The lowest BCUT2D eigenvalue weighted by molar-refractivity contribution is 0.593. The van der Waals surface area contributed by atoms with Crippen LogP contribution >= 0.6 is 0 Å². The quantitative estimate of drug-likeness (QED) is 0.837. The van der Waals surface area contributed by atoms with Crippen molar-refractivity contribution in [3.8, 4) is 0 Å². The smallest absolute Gasteiger partial charge is 0.148 e. The number of aryl methyl sites for hydroxylation is 1. The van der Waals surface area contributed by atoms with Crippen LogP contribution in [-0.4, -0.2) is 27.0 Å². The Kier molecular flexibility index (Phi) is 3.88. The summed E-state index contributed by atoms with van der Waals surface area (Å²) in [7, 11) is -2.97. The molecule has 0 amide bonds. The molecular formula is C11H17NO2S. The van der Waals surface area contributed by atoms with Crippen LogP contribution in [0.5, 0.6) is 0 Å². The molecule has 1 aromatic carbocycles. The van der Waals surface area contributed by atoms with E-state index >= 15 is 0 Å². The van der Waals surface area contributed by atoms with Crippen molar-refractivity contribution in [2.75, 3.05) is 18.6 Å². The molecule has 1 rings (SSSR count). The van der Waals surface area contributed by atoms with E-state index in [1.165, 1.54) is 6.26 Å². The Morgan fingerprint density at radius 3 is 2.20 bits per heavy atom. The average Bonchev–Trinajstić information content (AvgIpc) is 2.14. The van der Waals surface area contributed by atoms with Gasteiger partial charge in [0.2, 0.25) is 0 Å². The highest BCUT2D eigenvalue weighted by Gasteiger charge is 2.15. The monoisotopic (exact) mass is 227 g/mol. The maximum absolute atomic E-state index is 11.2. The van der Waals surface area contributed by atoms with E-state index in [0.717, 1.165) is 11.1 Å². The van der Waals surface area contributed by atoms with Crippen LogP contribution in [0.3, 0.4) is 0 Å². The third-order valence-electron chi connectivity index (χ3n) is 2.34. The lowest BCUT2D eigenvalue weighted by atomic mass is 10.0. The van der Waals surface area contributed by atoms with E-state index in [2.05, 4.69) is 0 Å². The van der Waals surface area contributed by atoms with E-state index in [9.17, 15) is 8.42 Å². The van der Waals surface area contributed by atoms with Gasteiger partial charge in [0, 0.05) is 18.7 Å². The second kappa shape index (κ2) is 4.77. The van der Waals surface area contributed by atoms with Crippen LogP contribution in [0.1, 0.15) is 17.0 Å². The zero-order chi connectivity index (χ0) is 11.5. The van der Waals surface area contributed by atoms with E-state index in [4.69, 9.17) is 5.73 Å². The Morgan fingerprint density at radius 1 is 1.27 bits per heavy atom. The molecule has 0 aromatic heterocycles. The number of nitrogens with two attached hydrogens (primary N) is 1. The van der Waals surface area contributed by atoms with Crippen LogP contribution < -0.4 is 5.73 Å². The van der Waals surface area contributed by atoms with Gasteiger partial charge in [-0.15, -0.1) is 0 Å². The number of hydrogen-bond acceptors (Lipinski definition) is 3. The molecule has 0 aliphatic heterocycles. The molecular weight excluding hydrogens is 210 g/mol. The zero-order valence-corrected chi connectivity index (χ0v) is 9.92. The fourth-order valence-corrected chi connectivity index (χ4v) is 2.56. The first-order valence-electron chi connectivity index (χ1n) is 4.87. The molecule has 0 aliphatic carbocycles. The summed E-state index contributed by atoms with van der Waals surface area (Å²) in [5, 5.41) is 0. The van der Waals surface area contributed by atoms with Crippen molar-refractivity contribution in [3.05, 3.63) is 35.4 Å². The predicted octanol–water partition coefficient (Wildman–Crippen LogP) is 1.08. The molecule has 1 atom stereocenters. The Hall–Kier alpha value is -0.870. The fraction of sp³-hybridized carbons (Fsp3) is 0.455. The third kappa shape index (κ3) is 4.01. The highest BCUT2D eigenvalue weighted by molar-refractivity contribution is 7.90. The Balaban J connectivity index is 2.88. The normalized spacial score (nSPS) is 13.8. The lowest BCUT2D eigenvalue weighted by Crippen LogP contribution is -2.21. The lowest BCUT2D eigenvalue weighted by Gasteiger charge is -2.14. The molecule has 0 saturated heterocycles. The van der Waals surface area contributed by atoms with Crippen LogP contribution in [-0.2, 0) is 9.84 Å². The molecule has 84 valence electrons. The van der Waals surface area contributed by atoms with Gasteiger partial charge in [-0.1, -0.05) is 29.8 Å². The van der Waals surface area contributed by atoms with Gasteiger partial charge >= 0.3 is 0 Å². The van der Waals surface area contributed by atoms with E-state index in [0.29, 0.717) is 6.54 Å². The highest BCUT2D eigenvalue weighted by atomic mass is 32.2. The summed E-state index contributed by atoms with van der Waals surface area (Å²) in [6, 6.07) is 7.83. The topological polar surface area (TPSA) is 60.2 Å². The molecule has 4 heteroatoms. The second-order valence-corrected chi connectivity index (χ2v) is 6.12. The minimum Gasteiger partial charge on any atom is -0.330 e. The number of hydrogen-bond donors (Lipinski definition) is 1.